The van der Waals surface area contributed by atoms with E-state index in [1.165, 1.54) is 30.3 Å². The Labute approximate surface area is 247 Å². The van der Waals surface area contributed by atoms with Crippen LogP contribution < -0.4 is 10.2 Å². The number of carbonyl (C=O) groups is 1. The quantitative estimate of drug-likeness (QED) is 0.0840. The van der Waals surface area contributed by atoms with Gasteiger partial charge < -0.3 is 59.5 Å². The molecule has 0 bridgehead atoms. The maximum Gasteiger partial charge on any atom is 0.331 e. The van der Waals surface area contributed by atoms with Crippen molar-refractivity contribution in [1.82, 2.24) is 0 Å². The second kappa shape index (κ2) is 12.1. The van der Waals surface area contributed by atoms with E-state index in [9.17, 15) is 50.4 Å². The van der Waals surface area contributed by atoms with Crippen molar-refractivity contribution in [1.29, 1.82) is 0 Å². The van der Waals surface area contributed by atoms with E-state index < -0.39 is 88.6 Å². The molecule has 1 aliphatic rings. The van der Waals surface area contributed by atoms with Gasteiger partial charge in [0.15, 0.2) is 23.4 Å². The van der Waals surface area contributed by atoms with Gasteiger partial charge in [-0.2, -0.15) is 0 Å². The lowest BCUT2D eigenvalue weighted by molar-refractivity contribution is -0.281. The molecule has 3 aromatic carbocycles. The number of aromatic hydroxyl groups is 5. The lowest BCUT2D eigenvalue weighted by atomic mass is 9.99. The minimum atomic E-state index is -1.90. The molecule has 5 atom stereocenters. The first-order valence-electron chi connectivity index (χ1n) is 13.0. The average molecular weight is 611 g/mol. The van der Waals surface area contributed by atoms with E-state index in [2.05, 4.69) is 0 Å². The van der Waals surface area contributed by atoms with Crippen LogP contribution in [0.1, 0.15) is 5.56 Å². The number of phenolic OH excluding ortho intramolecular Hbond substituents is 5. The van der Waals surface area contributed by atoms with Crippen molar-refractivity contribution in [2.45, 2.75) is 30.7 Å². The number of aliphatic hydroxyl groups is 3. The Kier molecular flexibility index (Phi) is 8.33. The van der Waals surface area contributed by atoms with Crippen molar-refractivity contribution in [3.63, 3.8) is 0 Å². The van der Waals surface area contributed by atoms with Gasteiger partial charge in [0.2, 0.25) is 17.5 Å². The van der Waals surface area contributed by atoms with Gasteiger partial charge in [0.1, 0.15) is 46.5 Å². The highest BCUT2D eigenvalue weighted by molar-refractivity contribution is 5.89. The SMILES string of the molecule is O=C(C=Cc1cccc(O)c1)O[C@H]1[C@H](Oc2c(-c3ccc(O)c(O)c3)oc3cc(O)cc(O)c3c2=O)O[C@H](CO)[C@@H](O)[C@H]1O. The van der Waals surface area contributed by atoms with Crippen LogP contribution in [0.3, 0.4) is 0 Å². The average Bonchev–Trinajstić information content (AvgIpc) is 2.98. The third kappa shape index (κ3) is 5.95. The second-order valence-electron chi connectivity index (χ2n) is 9.79. The number of phenols is 5. The highest BCUT2D eigenvalue weighted by Crippen LogP contribution is 2.39. The van der Waals surface area contributed by atoms with Gasteiger partial charge in [-0.05, 0) is 42.0 Å². The summed E-state index contributed by atoms with van der Waals surface area (Å²) >= 11 is 0. The molecule has 1 aliphatic heterocycles. The summed E-state index contributed by atoms with van der Waals surface area (Å²) in [5, 5.41) is 80.5. The molecular formula is C30H26O14. The van der Waals surface area contributed by atoms with Crippen LogP contribution >= 0.6 is 0 Å². The van der Waals surface area contributed by atoms with Gasteiger partial charge >= 0.3 is 5.97 Å². The van der Waals surface area contributed by atoms with Crippen molar-refractivity contribution in [2.24, 2.45) is 0 Å². The number of benzene rings is 3. The predicted octanol–water partition coefficient (Wildman–Crippen LogP) is 1.43. The smallest absolute Gasteiger partial charge is 0.331 e. The third-order valence-electron chi connectivity index (χ3n) is 6.75. The highest BCUT2D eigenvalue weighted by Gasteiger charge is 2.48. The van der Waals surface area contributed by atoms with Crippen molar-refractivity contribution in [2.75, 3.05) is 6.61 Å². The molecule has 230 valence electrons. The van der Waals surface area contributed by atoms with Gasteiger partial charge in [-0.3, -0.25) is 4.79 Å². The van der Waals surface area contributed by atoms with Crippen molar-refractivity contribution < 1.29 is 64.3 Å². The first kappa shape index (κ1) is 30.2. The number of hydrogen-bond acceptors (Lipinski definition) is 14. The first-order chi connectivity index (χ1) is 21.0. The van der Waals surface area contributed by atoms with Gasteiger partial charge in [-0.15, -0.1) is 0 Å². The van der Waals surface area contributed by atoms with E-state index in [0.29, 0.717) is 5.56 Å². The zero-order chi connectivity index (χ0) is 31.7. The summed E-state index contributed by atoms with van der Waals surface area (Å²) in [5.74, 6) is -4.44. The second-order valence-corrected chi connectivity index (χ2v) is 9.79. The molecule has 2 heterocycles. The summed E-state index contributed by atoms with van der Waals surface area (Å²) in [7, 11) is 0. The van der Waals surface area contributed by atoms with E-state index in [4.69, 9.17) is 18.6 Å². The normalized spacial score (nSPS) is 21.8. The summed E-state index contributed by atoms with van der Waals surface area (Å²) in [6.45, 7) is -0.818. The molecule has 0 radical (unpaired) electrons. The fraction of sp³-hybridized carbons (Fsp3) is 0.200. The van der Waals surface area contributed by atoms with Gasteiger partial charge in [0.25, 0.3) is 0 Å². The molecule has 1 aromatic heterocycles. The summed E-state index contributed by atoms with van der Waals surface area (Å²) in [5.41, 5.74) is -0.924. The fourth-order valence-electron chi connectivity index (χ4n) is 4.59. The molecule has 4 aromatic rings. The first-order valence-corrected chi connectivity index (χ1v) is 13.0. The molecule has 0 unspecified atom stereocenters. The van der Waals surface area contributed by atoms with Crippen LogP contribution in [0.2, 0.25) is 0 Å². The van der Waals surface area contributed by atoms with Crippen molar-refractivity contribution >= 4 is 23.0 Å². The molecule has 8 N–H and O–H groups in total. The zero-order valence-corrected chi connectivity index (χ0v) is 22.5. The Morgan fingerprint density at radius 1 is 0.886 bits per heavy atom. The van der Waals surface area contributed by atoms with Crippen LogP contribution in [0.5, 0.6) is 34.5 Å². The van der Waals surface area contributed by atoms with Crippen LogP contribution in [0.15, 0.2) is 69.9 Å². The predicted molar refractivity (Wildman–Crippen MR) is 150 cm³/mol. The van der Waals surface area contributed by atoms with Crippen LogP contribution in [0.25, 0.3) is 28.4 Å². The summed E-state index contributed by atoms with van der Waals surface area (Å²) in [6.07, 6.45) is -6.54. The Bertz CT molecular complexity index is 1800. The topological polar surface area (TPSA) is 237 Å². The van der Waals surface area contributed by atoms with E-state index in [1.54, 1.807) is 6.07 Å². The molecule has 14 heteroatoms. The molecule has 0 amide bonds. The van der Waals surface area contributed by atoms with Gasteiger partial charge in [0, 0.05) is 23.8 Å². The maximum atomic E-state index is 13.7. The molecule has 1 saturated heterocycles. The minimum absolute atomic E-state index is 0.0326. The van der Waals surface area contributed by atoms with Crippen LogP contribution in [0.4, 0.5) is 0 Å². The minimum Gasteiger partial charge on any atom is -0.508 e. The number of ether oxygens (including phenoxy) is 3. The summed E-state index contributed by atoms with van der Waals surface area (Å²) in [4.78, 5) is 26.4. The van der Waals surface area contributed by atoms with E-state index in [1.807, 2.05) is 0 Å². The molecule has 5 rings (SSSR count). The fourth-order valence-corrected chi connectivity index (χ4v) is 4.59. The van der Waals surface area contributed by atoms with Crippen LogP contribution in [-0.4, -0.2) is 84.1 Å². The Morgan fingerprint density at radius 2 is 1.66 bits per heavy atom. The molecule has 14 nitrogen and oxygen atoms in total. The number of esters is 1. The van der Waals surface area contributed by atoms with Gasteiger partial charge in [0.05, 0.1) is 6.61 Å². The largest absolute Gasteiger partial charge is 0.508 e. The number of rotatable bonds is 7. The van der Waals surface area contributed by atoms with Crippen LogP contribution in [0, 0.1) is 0 Å². The summed E-state index contributed by atoms with van der Waals surface area (Å²) < 4.78 is 22.5. The van der Waals surface area contributed by atoms with Gasteiger partial charge in [-0.25, -0.2) is 4.79 Å². The molecular weight excluding hydrogens is 584 g/mol. The zero-order valence-electron chi connectivity index (χ0n) is 22.5. The van der Waals surface area contributed by atoms with Crippen molar-refractivity contribution in [3.8, 4) is 45.8 Å². The number of carbonyl (C=O) groups excluding carboxylic acids is 1. The molecule has 1 fully saturated rings. The molecule has 0 spiro atoms. The maximum absolute atomic E-state index is 13.7. The number of aliphatic hydroxyl groups excluding tert-OH is 3. The molecule has 0 aliphatic carbocycles. The van der Waals surface area contributed by atoms with Gasteiger partial charge in [-0.1, -0.05) is 12.1 Å². The lowest BCUT2D eigenvalue weighted by Gasteiger charge is -2.41. The number of hydrogen-bond donors (Lipinski definition) is 8. The number of fused-ring (bicyclic) bond motifs is 1. The van der Waals surface area contributed by atoms with E-state index in [-0.39, 0.29) is 16.9 Å². The monoisotopic (exact) mass is 610 g/mol. The van der Waals surface area contributed by atoms with E-state index in [0.717, 1.165) is 30.3 Å². The molecule has 44 heavy (non-hydrogen) atoms. The van der Waals surface area contributed by atoms with Crippen molar-refractivity contribution in [3.05, 3.63) is 76.5 Å². The summed E-state index contributed by atoms with van der Waals surface area (Å²) in [6, 6.07) is 11.2. The highest BCUT2D eigenvalue weighted by atomic mass is 16.7. The standard InChI is InChI=1S/C30H26O14/c31-12-21-24(38)26(40)29(43-22(37)7-4-13-2-1-3-15(32)8-13)30(42-21)44-28-25(39)23-19(36)10-16(33)11-20(23)41-27(28)14-5-6-17(34)18(35)9-14/h1-11,21,24,26,29-36,38,40H,12H2/t21-,24-,26-,29-,30+/m1/s1. The molecule has 0 saturated carbocycles. The Hall–Kier alpha value is -5.28. The Morgan fingerprint density at radius 3 is 2.36 bits per heavy atom. The van der Waals surface area contributed by atoms with Crippen LogP contribution in [-0.2, 0) is 14.3 Å². The van der Waals surface area contributed by atoms with E-state index >= 15 is 0 Å². The Balaban J connectivity index is 1.58. The lowest BCUT2D eigenvalue weighted by Crippen LogP contribution is -2.61. The third-order valence-corrected chi connectivity index (χ3v) is 6.75.